The normalized spacial score (nSPS) is 24.9. The second-order valence-electron chi connectivity index (χ2n) is 6.43. The van der Waals surface area contributed by atoms with Gasteiger partial charge in [-0.2, -0.15) is 0 Å². The third kappa shape index (κ3) is 2.38. The van der Waals surface area contributed by atoms with Gasteiger partial charge in [0.15, 0.2) is 5.72 Å². The van der Waals surface area contributed by atoms with Gasteiger partial charge in [0.2, 0.25) is 0 Å². The fourth-order valence-corrected chi connectivity index (χ4v) is 4.01. The smallest absolute Gasteiger partial charge is 0.325 e. The van der Waals surface area contributed by atoms with E-state index in [0.717, 1.165) is 27.0 Å². The highest BCUT2D eigenvalue weighted by molar-refractivity contribution is 9.10. The highest BCUT2D eigenvalue weighted by atomic mass is 79.9. The van der Waals surface area contributed by atoms with Gasteiger partial charge in [0.1, 0.15) is 5.75 Å². The topological polar surface area (TPSA) is 41.6 Å². The van der Waals surface area contributed by atoms with Crippen molar-refractivity contribution in [2.24, 2.45) is 0 Å². The van der Waals surface area contributed by atoms with Crippen LogP contribution in [0.25, 0.3) is 0 Å². The second-order valence-corrected chi connectivity index (χ2v) is 7.76. The van der Waals surface area contributed by atoms with Crippen molar-refractivity contribution in [3.05, 3.63) is 57.0 Å². The van der Waals surface area contributed by atoms with Crippen molar-refractivity contribution >= 4 is 39.2 Å². The van der Waals surface area contributed by atoms with E-state index in [0.29, 0.717) is 11.4 Å². The maximum Gasteiger partial charge on any atom is 0.325 e. The molecular formula is C18H16BrClN2O2. The zero-order valence-electron chi connectivity index (χ0n) is 13.3. The molecule has 0 unspecified atom stereocenters. The Morgan fingerprint density at radius 1 is 1.33 bits per heavy atom. The third-order valence-corrected chi connectivity index (χ3v) is 5.55. The third-order valence-electron chi connectivity index (χ3n) is 4.65. The van der Waals surface area contributed by atoms with E-state index >= 15 is 0 Å². The van der Waals surface area contributed by atoms with E-state index in [2.05, 4.69) is 21.2 Å². The van der Waals surface area contributed by atoms with Gasteiger partial charge in [0.25, 0.3) is 0 Å². The molecule has 2 aromatic carbocycles. The molecule has 2 bridgehead atoms. The van der Waals surface area contributed by atoms with Gasteiger partial charge < -0.3 is 10.1 Å². The van der Waals surface area contributed by atoms with Crippen LogP contribution in [-0.2, 0) is 0 Å². The minimum absolute atomic E-state index is 0.0686. The quantitative estimate of drug-likeness (QED) is 0.707. The van der Waals surface area contributed by atoms with E-state index < -0.39 is 5.72 Å². The van der Waals surface area contributed by atoms with Gasteiger partial charge in [-0.15, -0.1) is 0 Å². The van der Waals surface area contributed by atoms with E-state index in [9.17, 15) is 4.79 Å². The molecule has 1 fully saturated rings. The molecular weight excluding hydrogens is 392 g/mol. The molecule has 24 heavy (non-hydrogen) atoms. The molecule has 1 N–H and O–H groups in total. The summed E-state index contributed by atoms with van der Waals surface area (Å²) in [5.41, 5.74) is 1.94. The van der Waals surface area contributed by atoms with Gasteiger partial charge in [-0.1, -0.05) is 33.6 Å². The summed E-state index contributed by atoms with van der Waals surface area (Å²) in [5.74, 6) is 0.792. The summed E-state index contributed by atoms with van der Waals surface area (Å²) in [6, 6.07) is 11.2. The van der Waals surface area contributed by atoms with Crippen LogP contribution in [0, 0.1) is 6.92 Å². The molecule has 2 atom stereocenters. The van der Waals surface area contributed by atoms with E-state index in [1.54, 1.807) is 4.90 Å². The molecule has 2 aliphatic rings. The molecule has 124 valence electrons. The number of nitrogens with zero attached hydrogens (tertiary/aromatic N) is 1. The summed E-state index contributed by atoms with van der Waals surface area (Å²) in [6.45, 7) is 3.88. The lowest BCUT2D eigenvalue weighted by Crippen LogP contribution is -2.65. The molecule has 6 heteroatoms. The lowest BCUT2D eigenvalue weighted by molar-refractivity contribution is 0.0378. The van der Waals surface area contributed by atoms with Gasteiger partial charge in [-0.25, -0.2) is 4.79 Å². The number of nitrogens with one attached hydrogen (secondary N) is 1. The maximum atomic E-state index is 12.8. The SMILES string of the molecule is Cc1ccc(N2C(=O)N[C@H]3C[C@@]2(C)Oc2ccc(Br)cc23)cc1Cl. The molecule has 2 heterocycles. The predicted molar refractivity (Wildman–Crippen MR) is 97.7 cm³/mol. The summed E-state index contributed by atoms with van der Waals surface area (Å²) in [6.07, 6.45) is 0.660. The van der Waals surface area contributed by atoms with Crippen molar-refractivity contribution in [3.8, 4) is 5.75 Å². The number of ether oxygens (including phenoxy) is 1. The Kier molecular flexibility index (Phi) is 3.55. The number of halogens is 2. The van der Waals surface area contributed by atoms with Crippen LogP contribution in [0.2, 0.25) is 5.02 Å². The summed E-state index contributed by atoms with van der Waals surface area (Å²) in [7, 11) is 0. The van der Waals surface area contributed by atoms with Crippen molar-refractivity contribution in [1.29, 1.82) is 0 Å². The van der Waals surface area contributed by atoms with Crippen LogP contribution in [0.1, 0.15) is 30.5 Å². The number of amides is 2. The Morgan fingerprint density at radius 2 is 2.12 bits per heavy atom. The molecule has 4 rings (SSSR count). The highest BCUT2D eigenvalue weighted by Gasteiger charge is 2.49. The number of urea groups is 1. The molecule has 2 aromatic rings. The summed E-state index contributed by atoms with van der Waals surface area (Å²) < 4.78 is 7.22. The van der Waals surface area contributed by atoms with Crippen molar-refractivity contribution in [1.82, 2.24) is 5.32 Å². The Morgan fingerprint density at radius 3 is 2.88 bits per heavy atom. The second kappa shape index (κ2) is 5.39. The van der Waals surface area contributed by atoms with Crippen LogP contribution in [0.4, 0.5) is 10.5 Å². The zero-order chi connectivity index (χ0) is 17.1. The zero-order valence-corrected chi connectivity index (χ0v) is 15.6. The maximum absolute atomic E-state index is 12.8. The molecule has 0 aliphatic carbocycles. The monoisotopic (exact) mass is 406 g/mol. The van der Waals surface area contributed by atoms with Crippen LogP contribution in [-0.4, -0.2) is 11.8 Å². The fourth-order valence-electron chi connectivity index (χ4n) is 3.46. The summed E-state index contributed by atoms with van der Waals surface area (Å²) in [5, 5.41) is 3.71. The number of carbonyl (C=O) groups excluding carboxylic acids is 1. The number of hydrogen-bond donors (Lipinski definition) is 1. The molecule has 2 amide bonds. The van der Waals surface area contributed by atoms with Crippen molar-refractivity contribution in [2.45, 2.75) is 32.0 Å². The first kappa shape index (κ1) is 15.8. The Labute approximate surface area is 153 Å². The van der Waals surface area contributed by atoms with E-state index in [1.807, 2.05) is 50.2 Å². The van der Waals surface area contributed by atoms with Gasteiger partial charge in [-0.3, -0.25) is 4.90 Å². The average molecular weight is 408 g/mol. The molecule has 4 nitrogen and oxygen atoms in total. The number of hydrogen-bond acceptors (Lipinski definition) is 2. The van der Waals surface area contributed by atoms with Gasteiger partial charge in [0.05, 0.1) is 11.7 Å². The molecule has 2 aliphatic heterocycles. The van der Waals surface area contributed by atoms with Crippen LogP contribution in [0.5, 0.6) is 5.75 Å². The standard InChI is InChI=1S/C18H16BrClN2O2/c1-10-3-5-12(8-14(10)20)22-17(23)21-15-9-18(22,2)24-16-6-4-11(19)7-13(15)16/h3-8,15H,9H2,1-2H3,(H,21,23)/t15-,18+/m0/s1. The lowest BCUT2D eigenvalue weighted by atomic mass is 9.90. The van der Waals surface area contributed by atoms with Crippen molar-refractivity contribution in [2.75, 3.05) is 4.90 Å². The number of aryl methyl sites for hydroxylation is 1. The first-order valence-corrected chi connectivity index (χ1v) is 8.90. The lowest BCUT2D eigenvalue weighted by Gasteiger charge is -2.50. The summed E-state index contributed by atoms with van der Waals surface area (Å²) in [4.78, 5) is 14.4. The van der Waals surface area contributed by atoms with Crippen LogP contribution >= 0.6 is 27.5 Å². The molecule has 0 aromatic heterocycles. The molecule has 1 saturated heterocycles. The van der Waals surface area contributed by atoms with Gasteiger partial charge in [0, 0.05) is 21.5 Å². The van der Waals surface area contributed by atoms with Crippen LogP contribution in [0.3, 0.4) is 0 Å². The molecule has 0 spiro atoms. The Hall–Kier alpha value is -1.72. The Bertz CT molecular complexity index is 857. The minimum Gasteiger partial charge on any atom is -0.467 e. The van der Waals surface area contributed by atoms with Crippen molar-refractivity contribution < 1.29 is 9.53 Å². The molecule has 0 radical (unpaired) electrons. The van der Waals surface area contributed by atoms with E-state index in [4.69, 9.17) is 16.3 Å². The van der Waals surface area contributed by atoms with Crippen molar-refractivity contribution in [3.63, 3.8) is 0 Å². The van der Waals surface area contributed by atoms with Crippen LogP contribution < -0.4 is 15.0 Å². The van der Waals surface area contributed by atoms with E-state index in [1.165, 1.54) is 0 Å². The Balaban J connectivity index is 1.80. The molecule has 0 saturated carbocycles. The minimum atomic E-state index is -0.758. The number of carbonyl (C=O) groups is 1. The predicted octanol–water partition coefficient (Wildman–Crippen LogP) is 5.18. The first-order valence-electron chi connectivity index (χ1n) is 7.73. The van der Waals surface area contributed by atoms with Crippen LogP contribution in [0.15, 0.2) is 40.9 Å². The number of benzene rings is 2. The fraction of sp³-hybridized carbons (Fsp3) is 0.278. The average Bonchev–Trinajstić information content (AvgIpc) is 2.51. The first-order chi connectivity index (χ1) is 11.4. The highest BCUT2D eigenvalue weighted by Crippen LogP contribution is 2.46. The van der Waals surface area contributed by atoms with Gasteiger partial charge in [-0.05, 0) is 49.7 Å². The number of anilines is 1. The van der Waals surface area contributed by atoms with E-state index in [-0.39, 0.29) is 12.1 Å². The summed E-state index contributed by atoms with van der Waals surface area (Å²) >= 11 is 9.73. The van der Waals surface area contributed by atoms with Gasteiger partial charge >= 0.3 is 6.03 Å². The number of fused-ring (bicyclic) bond motifs is 4. The largest absolute Gasteiger partial charge is 0.467 e. The number of rotatable bonds is 1.